The molecular weight excluding hydrogens is 548 g/mol. The molecule has 7 nitrogen and oxygen atoms in total. The first-order valence-electron chi connectivity index (χ1n) is 15.6. The lowest BCUT2D eigenvalue weighted by atomic mass is 9.54. The zero-order valence-corrected chi connectivity index (χ0v) is 25.1. The number of nitrogens with one attached hydrogen (secondary N) is 1. The van der Waals surface area contributed by atoms with E-state index in [1.54, 1.807) is 12.1 Å². The summed E-state index contributed by atoms with van der Waals surface area (Å²) in [6, 6.07) is 12.1. The molecule has 5 atom stereocenters. The molecule has 2 heterocycles. The minimum atomic E-state index is -3.35. The van der Waals surface area contributed by atoms with E-state index in [0.29, 0.717) is 73.5 Å². The fourth-order valence-electron chi connectivity index (χ4n) is 8.87. The first-order chi connectivity index (χ1) is 20.2. The monoisotopic (exact) mass is 588 g/mol. The van der Waals surface area contributed by atoms with Crippen LogP contribution in [0.25, 0.3) is 6.08 Å². The molecule has 1 saturated heterocycles. The van der Waals surface area contributed by atoms with E-state index in [1.165, 1.54) is 16.5 Å². The maximum Gasteiger partial charge on any atom is 0.222 e. The van der Waals surface area contributed by atoms with Crippen LogP contribution in [0.3, 0.4) is 0 Å². The lowest BCUT2D eigenvalue weighted by Crippen LogP contribution is -2.44. The summed E-state index contributed by atoms with van der Waals surface area (Å²) in [5, 5.41) is 4.69. The average Bonchev–Trinajstić information content (AvgIpc) is 3.44. The van der Waals surface area contributed by atoms with Gasteiger partial charge in [0.1, 0.15) is 5.78 Å². The van der Waals surface area contributed by atoms with Gasteiger partial charge in [0.25, 0.3) is 0 Å². The number of aryl methyl sites for hydroxylation is 1. The number of rotatable bonds is 6. The number of carbonyl (C=O) groups excluding carboxylic acids is 2. The Bertz CT molecular complexity index is 1560. The molecule has 5 aliphatic rings. The Balaban J connectivity index is 1.05. The first-order valence-corrected chi connectivity index (χ1v) is 17.1. The molecule has 3 fully saturated rings. The summed E-state index contributed by atoms with van der Waals surface area (Å²) in [4.78, 5) is 28.4. The van der Waals surface area contributed by atoms with Gasteiger partial charge in [0.2, 0.25) is 15.7 Å². The molecule has 3 aliphatic carbocycles. The van der Waals surface area contributed by atoms with Crippen molar-refractivity contribution < 1.29 is 22.7 Å². The number of morpholine rings is 1. The fraction of sp³-hybridized carbons (Fsp3) is 0.529. The zero-order valence-electron chi connectivity index (χ0n) is 24.3. The highest BCUT2D eigenvalue weighted by molar-refractivity contribution is 7.94. The van der Waals surface area contributed by atoms with Gasteiger partial charge in [-0.05, 0) is 109 Å². The van der Waals surface area contributed by atoms with E-state index in [9.17, 15) is 18.0 Å². The molecule has 0 spiro atoms. The van der Waals surface area contributed by atoms with Crippen LogP contribution in [0.1, 0.15) is 74.5 Å². The maximum absolute atomic E-state index is 13.4. The fourth-order valence-corrected chi connectivity index (χ4v) is 10.1. The molecule has 2 aromatic carbocycles. The Kier molecular flexibility index (Phi) is 7.05. The van der Waals surface area contributed by atoms with Gasteiger partial charge >= 0.3 is 0 Å². The highest BCUT2D eigenvalue weighted by Crippen LogP contribution is 2.62. The molecule has 0 bridgehead atoms. The number of hydrogen-bond donors (Lipinski definition) is 1. The lowest BCUT2D eigenvalue weighted by Gasteiger charge is -2.50. The van der Waals surface area contributed by atoms with Crippen molar-refractivity contribution in [3.05, 3.63) is 58.5 Å². The Morgan fingerprint density at radius 2 is 1.88 bits per heavy atom. The van der Waals surface area contributed by atoms with Crippen molar-refractivity contribution in [2.75, 3.05) is 31.6 Å². The summed E-state index contributed by atoms with van der Waals surface area (Å²) in [6.07, 6.45) is 8.73. The predicted octanol–water partition coefficient (Wildman–Crippen LogP) is 5.87. The van der Waals surface area contributed by atoms with Crippen LogP contribution in [0, 0.1) is 23.2 Å². The quantitative estimate of drug-likeness (QED) is 0.454. The summed E-state index contributed by atoms with van der Waals surface area (Å²) in [5.74, 6) is 2.36. The largest absolute Gasteiger partial charge is 0.378 e. The topological polar surface area (TPSA) is 92.8 Å². The number of benzene rings is 2. The second-order valence-corrected chi connectivity index (χ2v) is 15.0. The summed E-state index contributed by atoms with van der Waals surface area (Å²) in [6.45, 7) is 4.86. The number of ketones is 1. The highest BCUT2D eigenvalue weighted by atomic mass is 32.2. The van der Waals surface area contributed by atoms with Gasteiger partial charge in [-0.1, -0.05) is 19.1 Å². The number of sulfone groups is 1. The SMILES string of the molecule is C[C@]12CC[C@@H]3c4ccc(Nc5ccc6c(c5)S(=O)(=O)C=C6)cc4CC[C@H]3[C@@H]1[C@@H](CCCC(=O)N1CCOCC1)CC2=O. The van der Waals surface area contributed by atoms with Crippen molar-refractivity contribution >= 4 is 39.0 Å². The molecule has 1 N–H and O–H groups in total. The molecule has 42 heavy (non-hydrogen) atoms. The van der Waals surface area contributed by atoms with Crippen LogP contribution in [0.2, 0.25) is 0 Å². The van der Waals surface area contributed by atoms with Crippen LogP contribution < -0.4 is 5.32 Å². The third kappa shape index (κ3) is 4.80. The molecule has 222 valence electrons. The van der Waals surface area contributed by atoms with Crippen molar-refractivity contribution in [2.45, 2.75) is 69.1 Å². The minimum absolute atomic E-state index is 0.223. The van der Waals surface area contributed by atoms with Crippen LogP contribution in [0.5, 0.6) is 0 Å². The van der Waals surface area contributed by atoms with E-state index >= 15 is 0 Å². The maximum atomic E-state index is 13.4. The van der Waals surface area contributed by atoms with E-state index in [-0.39, 0.29) is 11.3 Å². The molecule has 0 unspecified atom stereocenters. The number of Topliss-reactive ketones (excluding diaryl/α,β-unsaturated/α-hetero) is 1. The van der Waals surface area contributed by atoms with Gasteiger partial charge in [0.05, 0.1) is 18.1 Å². The van der Waals surface area contributed by atoms with E-state index in [1.807, 2.05) is 17.0 Å². The van der Waals surface area contributed by atoms with Gasteiger partial charge in [0, 0.05) is 48.1 Å². The predicted molar refractivity (Wildman–Crippen MR) is 162 cm³/mol. The van der Waals surface area contributed by atoms with Crippen LogP contribution in [-0.2, 0) is 30.6 Å². The van der Waals surface area contributed by atoms with Gasteiger partial charge in [-0.2, -0.15) is 0 Å². The number of anilines is 2. The van der Waals surface area contributed by atoms with E-state index in [0.717, 1.165) is 55.5 Å². The molecule has 0 aromatic heterocycles. The number of carbonyl (C=O) groups is 2. The molecule has 1 amide bonds. The van der Waals surface area contributed by atoms with Gasteiger partial charge < -0.3 is 15.0 Å². The third-order valence-corrected chi connectivity index (χ3v) is 12.4. The molecular formula is C34H40N2O5S. The second-order valence-electron chi connectivity index (χ2n) is 13.2. The molecule has 2 aliphatic heterocycles. The zero-order chi connectivity index (χ0) is 29.1. The Hall–Kier alpha value is -2.97. The second kappa shape index (κ2) is 10.6. The third-order valence-electron chi connectivity index (χ3n) is 10.9. The molecule has 8 heteroatoms. The molecule has 2 aromatic rings. The molecule has 0 radical (unpaired) electrons. The van der Waals surface area contributed by atoms with Gasteiger partial charge in [0.15, 0.2) is 0 Å². The Labute approximate surface area is 248 Å². The summed E-state index contributed by atoms with van der Waals surface area (Å²) in [5.41, 5.74) is 5.01. The van der Waals surface area contributed by atoms with Gasteiger partial charge in [-0.3, -0.25) is 9.59 Å². The minimum Gasteiger partial charge on any atom is -0.378 e. The smallest absolute Gasteiger partial charge is 0.222 e. The van der Waals surface area contributed by atoms with E-state index in [2.05, 4.69) is 30.4 Å². The number of amides is 1. The van der Waals surface area contributed by atoms with Crippen molar-refractivity contribution in [1.29, 1.82) is 0 Å². The van der Waals surface area contributed by atoms with Crippen molar-refractivity contribution in [1.82, 2.24) is 4.90 Å². The van der Waals surface area contributed by atoms with Gasteiger partial charge in [-0.15, -0.1) is 0 Å². The molecule has 2 saturated carbocycles. The van der Waals surface area contributed by atoms with Crippen LogP contribution in [0.15, 0.2) is 46.7 Å². The molecule has 7 rings (SSSR count). The van der Waals surface area contributed by atoms with Crippen LogP contribution in [0.4, 0.5) is 11.4 Å². The normalized spacial score (nSPS) is 30.8. The standard InChI is InChI=1S/C34H40N2O5S/c1-34-13-11-28-27-10-8-25(35-26-7-5-22-12-18-42(39,40)30(22)21-26)19-23(27)6-9-29(28)33(34)24(20-31(34)37)3-2-4-32(38)36-14-16-41-17-15-36/h5,7-8,10,12,18-19,21,24,28-29,33,35H,2-4,6,9,11,13-17,20H2,1H3/t24-,28+,29+,33-,34+/m0/s1. The first kappa shape index (κ1) is 27.8. The Morgan fingerprint density at radius 1 is 1.10 bits per heavy atom. The van der Waals surface area contributed by atoms with Crippen LogP contribution in [-0.4, -0.2) is 51.3 Å². The average molecular weight is 589 g/mol. The van der Waals surface area contributed by atoms with Crippen molar-refractivity contribution in [3.8, 4) is 0 Å². The highest BCUT2D eigenvalue weighted by Gasteiger charge is 2.58. The lowest BCUT2D eigenvalue weighted by molar-refractivity contribution is -0.135. The summed E-state index contributed by atoms with van der Waals surface area (Å²) >= 11 is 0. The number of ether oxygens (including phenoxy) is 1. The van der Waals surface area contributed by atoms with Gasteiger partial charge in [-0.25, -0.2) is 8.42 Å². The Morgan fingerprint density at radius 3 is 2.71 bits per heavy atom. The van der Waals surface area contributed by atoms with Crippen LogP contribution >= 0.6 is 0 Å². The number of hydrogen-bond acceptors (Lipinski definition) is 6. The van der Waals surface area contributed by atoms with E-state index in [4.69, 9.17) is 4.74 Å². The summed E-state index contributed by atoms with van der Waals surface area (Å²) < 4.78 is 30.0. The van der Waals surface area contributed by atoms with E-state index < -0.39 is 9.84 Å². The van der Waals surface area contributed by atoms with Crippen molar-refractivity contribution in [2.24, 2.45) is 23.2 Å². The number of fused-ring (bicyclic) bond motifs is 6. The van der Waals surface area contributed by atoms with Crippen molar-refractivity contribution in [3.63, 3.8) is 0 Å². The number of nitrogens with zero attached hydrogens (tertiary/aromatic N) is 1. The summed E-state index contributed by atoms with van der Waals surface area (Å²) in [7, 11) is -3.35.